The van der Waals surface area contributed by atoms with Crippen molar-refractivity contribution in [1.82, 2.24) is 9.80 Å². The maximum Gasteiger partial charge on any atom is 0.416 e. The Labute approximate surface area is 185 Å². The number of piperidine rings is 1. The van der Waals surface area contributed by atoms with Crippen LogP contribution >= 0.6 is 0 Å². The number of ether oxygens (including phenoxy) is 1. The molecule has 32 heavy (non-hydrogen) atoms. The zero-order chi connectivity index (χ0) is 23.6. The Bertz CT molecular complexity index is 971. The molecular weight excluding hydrogens is 423 g/mol. The number of rotatable bonds is 3. The smallest absolute Gasteiger partial charge is 0.416 e. The molecule has 0 saturated carbocycles. The maximum atomic E-state index is 13.0. The first-order valence-electron chi connectivity index (χ1n) is 10.4. The molecule has 2 saturated heterocycles. The molecule has 0 aromatic heterocycles. The van der Waals surface area contributed by atoms with Crippen LogP contribution in [0.3, 0.4) is 0 Å². The second-order valence-electron chi connectivity index (χ2n) is 8.10. The monoisotopic (exact) mass is 450 g/mol. The highest BCUT2D eigenvalue weighted by molar-refractivity contribution is 5.79. The molecule has 9 heteroatoms. The lowest BCUT2D eigenvalue weighted by atomic mass is 9.97. The lowest BCUT2D eigenvalue weighted by Gasteiger charge is -2.48. The largest absolute Gasteiger partial charge is 0.507 e. The molecule has 2 unspecified atom stereocenters. The van der Waals surface area contributed by atoms with Crippen molar-refractivity contribution in [1.29, 1.82) is 0 Å². The van der Waals surface area contributed by atoms with E-state index < -0.39 is 17.5 Å². The summed E-state index contributed by atoms with van der Waals surface area (Å²) in [6.45, 7) is 12.8. The molecule has 0 radical (unpaired) electrons. The van der Waals surface area contributed by atoms with Gasteiger partial charge in [-0.15, -0.1) is 0 Å². The number of hydrogen-bond donors (Lipinski definition) is 1. The van der Waals surface area contributed by atoms with Crippen LogP contribution in [-0.4, -0.2) is 59.2 Å². The van der Waals surface area contributed by atoms with Gasteiger partial charge in [0.15, 0.2) is 0 Å². The highest BCUT2D eigenvalue weighted by atomic mass is 19.4. The second kappa shape index (κ2) is 9.25. The summed E-state index contributed by atoms with van der Waals surface area (Å²) in [6, 6.07) is 1.63. The predicted octanol–water partition coefficient (Wildman–Crippen LogP) is 4.25. The number of nitrogens with zero attached hydrogens (tertiary/aromatic N) is 3. The zero-order valence-electron chi connectivity index (χ0n) is 18.3. The molecule has 2 aliphatic heterocycles. The fourth-order valence-corrected chi connectivity index (χ4v) is 4.35. The van der Waals surface area contributed by atoms with Crippen LogP contribution in [0.15, 0.2) is 30.0 Å². The van der Waals surface area contributed by atoms with Crippen molar-refractivity contribution in [3.8, 4) is 12.3 Å². The molecule has 0 aliphatic carbocycles. The number of alkyl halides is 3. The topological polar surface area (TPSA) is 57.4 Å². The number of allylic oxidation sites excluding steroid dienone is 3. The van der Waals surface area contributed by atoms with Crippen LogP contribution in [0.1, 0.15) is 37.0 Å². The number of morpholine rings is 1. The SMILES string of the molecule is C#[N+]/C(=C\C=C(/C)N1CCOC2CCN(C(C)=O)CC21)c1c(C)cc(C(F)(F)F)cc1O. The first kappa shape index (κ1) is 23.7. The number of carbonyl (C=O) groups is 1. The number of benzene rings is 1. The number of aryl methyl sites for hydroxylation is 1. The van der Waals surface area contributed by atoms with Gasteiger partial charge in [-0.2, -0.15) is 13.2 Å². The van der Waals surface area contributed by atoms with Crippen LogP contribution in [0.25, 0.3) is 10.5 Å². The highest BCUT2D eigenvalue weighted by Gasteiger charge is 2.38. The fraction of sp³-hybridized carbons (Fsp3) is 0.478. The Hall–Kier alpha value is -2.99. The van der Waals surface area contributed by atoms with Gasteiger partial charge in [-0.1, -0.05) is 0 Å². The second-order valence-corrected chi connectivity index (χ2v) is 8.10. The number of likely N-dealkylation sites (tertiary alicyclic amines) is 1. The van der Waals surface area contributed by atoms with Crippen molar-refractivity contribution in [2.45, 2.75) is 45.5 Å². The normalized spacial score (nSPS) is 22.4. The molecule has 0 spiro atoms. The van der Waals surface area contributed by atoms with Gasteiger partial charge in [0, 0.05) is 38.3 Å². The van der Waals surface area contributed by atoms with Crippen LogP contribution in [0.2, 0.25) is 0 Å². The van der Waals surface area contributed by atoms with Gasteiger partial charge in [0.1, 0.15) is 11.3 Å². The van der Waals surface area contributed by atoms with Gasteiger partial charge >= 0.3 is 11.9 Å². The van der Waals surface area contributed by atoms with Gasteiger partial charge < -0.3 is 19.6 Å². The van der Waals surface area contributed by atoms with E-state index in [4.69, 9.17) is 11.3 Å². The molecule has 172 valence electrons. The fourth-order valence-electron chi connectivity index (χ4n) is 4.35. The van der Waals surface area contributed by atoms with Gasteiger partial charge in [0.05, 0.1) is 24.3 Å². The van der Waals surface area contributed by atoms with Gasteiger partial charge in [-0.3, -0.25) is 4.79 Å². The van der Waals surface area contributed by atoms with Gasteiger partial charge in [0.2, 0.25) is 5.91 Å². The van der Waals surface area contributed by atoms with Crippen molar-refractivity contribution < 1.29 is 27.8 Å². The zero-order valence-corrected chi connectivity index (χ0v) is 18.3. The van der Waals surface area contributed by atoms with E-state index in [0.29, 0.717) is 32.3 Å². The molecule has 6 nitrogen and oxygen atoms in total. The van der Waals surface area contributed by atoms with Crippen LogP contribution in [-0.2, 0) is 15.7 Å². The lowest BCUT2D eigenvalue weighted by molar-refractivity contribution is -0.139. The maximum absolute atomic E-state index is 13.0. The predicted molar refractivity (Wildman–Crippen MR) is 115 cm³/mol. The number of phenols is 1. The van der Waals surface area contributed by atoms with Crippen molar-refractivity contribution in [3.63, 3.8) is 0 Å². The highest BCUT2D eigenvalue weighted by Crippen LogP contribution is 2.37. The first-order chi connectivity index (χ1) is 15.0. The number of hydrogen-bond acceptors (Lipinski definition) is 4. The Kier molecular flexibility index (Phi) is 6.84. The van der Waals surface area contributed by atoms with Crippen molar-refractivity contribution >= 4 is 11.6 Å². The van der Waals surface area contributed by atoms with Crippen molar-refractivity contribution in [3.05, 3.63) is 51.5 Å². The molecule has 1 amide bonds. The Morgan fingerprint density at radius 3 is 2.59 bits per heavy atom. The summed E-state index contributed by atoms with van der Waals surface area (Å²) in [7, 11) is 0. The van der Waals surface area contributed by atoms with E-state index >= 15 is 0 Å². The summed E-state index contributed by atoms with van der Waals surface area (Å²) in [5.41, 5.74) is 0.446. The van der Waals surface area contributed by atoms with E-state index in [0.717, 1.165) is 18.2 Å². The molecule has 2 fully saturated rings. The van der Waals surface area contributed by atoms with E-state index in [-0.39, 0.29) is 34.9 Å². The minimum atomic E-state index is -4.57. The average molecular weight is 450 g/mol. The number of halogens is 3. The Morgan fingerprint density at radius 2 is 2.00 bits per heavy atom. The molecular formula is C23H27F3N3O3+. The quantitative estimate of drug-likeness (QED) is 0.700. The van der Waals surface area contributed by atoms with Gasteiger partial charge in [0.25, 0.3) is 6.57 Å². The van der Waals surface area contributed by atoms with Crippen LogP contribution in [0.5, 0.6) is 5.75 Å². The standard InChI is InChI=1S/C23H26F3N3O3/c1-14-11-17(23(24,25)26)12-20(31)22(14)18(27-4)6-5-15(2)29-9-10-32-21-7-8-28(16(3)30)13-19(21)29/h4-6,11-12,19,21H,7-10,13H2,1-3H3/p+1/b15-5+,18-6-. The lowest BCUT2D eigenvalue weighted by Crippen LogP contribution is -2.59. The van der Waals surface area contributed by atoms with E-state index in [9.17, 15) is 23.1 Å². The molecule has 2 aliphatic rings. The van der Waals surface area contributed by atoms with Gasteiger partial charge in [-0.05, 0) is 48.9 Å². The Morgan fingerprint density at radius 1 is 1.28 bits per heavy atom. The summed E-state index contributed by atoms with van der Waals surface area (Å²) in [5.74, 6) is -0.521. The molecule has 1 aromatic carbocycles. The first-order valence-corrected chi connectivity index (χ1v) is 10.4. The summed E-state index contributed by atoms with van der Waals surface area (Å²) in [6.07, 6.45) is -0.461. The third-order valence-corrected chi connectivity index (χ3v) is 6.00. The van der Waals surface area contributed by atoms with E-state index in [2.05, 4.69) is 9.74 Å². The number of aromatic hydroxyl groups is 1. The Balaban J connectivity index is 1.89. The molecule has 1 aromatic rings. The number of phenolic OH excluding ortho intramolecular Hbond substituents is 1. The van der Waals surface area contributed by atoms with E-state index in [1.54, 1.807) is 24.0 Å². The minimum absolute atomic E-state index is 0.00511. The van der Waals surface area contributed by atoms with Crippen molar-refractivity contribution in [2.75, 3.05) is 26.2 Å². The average Bonchev–Trinajstić information content (AvgIpc) is 2.73. The summed E-state index contributed by atoms with van der Waals surface area (Å²) in [4.78, 5) is 19.5. The number of carbonyl (C=O) groups excluding carboxylic acids is 1. The molecule has 2 atom stereocenters. The third-order valence-electron chi connectivity index (χ3n) is 6.00. The van der Waals surface area contributed by atoms with Crippen LogP contribution in [0, 0.1) is 13.5 Å². The van der Waals surface area contributed by atoms with Crippen LogP contribution < -0.4 is 0 Å². The summed E-state index contributed by atoms with van der Waals surface area (Å²) in [5, 5.41) is 10.2. The molecule has 0 bridgehead atoms. The number of fused-ring (bicyclic) bond motifs is 1. The molecule has 1 N–H and O–H groups in total. The summed E-state index contributed by atoms with van der Waals surface area (Å²) >= 11 is 0. The number of amides is 1. The third kappa shape index (κ3) is 4.91. The minimum Gasteiger partial charge on any atom is -0.507 e. The van der Waals surface area contributed by atoms with Crippen LogP contribution in [0.4, 0.5) is 13.2 Å². The van der Waals surface area contributed by atoms with E-state index in [1.165, 1.54) is 6.92 Å². The van der Waals surface area contributed by atoms with Crippen molar-refractivity contribution in [2.24, 2.45) is 0 Å². The van der Waals surface area contributed by atoms with E-state index in [1.807, 2.05) is 6.92 Å². The summed E-state index contributed by atoms with van der Waals surface area (Å²) < 4.78 is 44.9. The van der Waals surface area contributed by atoms with Gasteiger partial charge in [-0.25, -0.2) is 0 Å². The molecule has 2 heterocycles. The molecule has 3 rings (SSSR count).